The lowest BCUT2D eigenvalue weighted by atomic mass is 9.99. The van der Waals surface area contributed by atoms with E-state index in [1.165, 1.54) is 6.92 Å². The summed E-state index contributed by atoms with van der Waals surface area (Å²) in [5.74, 6) is -0.453. The zero-order chi connectivity index (χ0) is 10.8. The normalized spacial score (nSPS) is 16.2. The highest BCUT2D eigenvalue weighted by molar-refractivity contribution is 7.86. The Balaban J connectivity index is 2.92. The first-order valence-electron chi connectivity index (χ1n) is 4.27. The quantitative estimate of drug-likeness (QED) is 0.780. The van der Waals surface area contributed by atoms with Crippen molar-refractivity contribution in [1.29, 1.82) is 0 Å². The van der Waals surface area contributed by atoms with Gasteiger partial charge in [-0.1, -0.05) is 30.3 Å². The lowest BCUT2D eigenvalue weighted by molar-refractivity contribution is 0.465. The largest absolute Gasteiger partial charge is 0.285 e. The number of hydrogen-bond donors (Lipinski definition) is 1. The summed E-state index contributed by atoms with van der Waals surface area (Å²) < 4.78 is 30.6. The second-order valence-electron chi connectivity index (χ2n) is 3.24. The molecule has 0 saturated heterocycles. The molecule has 0 saturated carbocycles. The summed E-state index contributed by atoms with van der Waals surface area (Å²) in [7, 11) is -4.01. The van der Waals surface area contributed by atoms with Crippen molar-refractivity contribution in [2.75, 3.05) is 0 Å². The van der Waals surface area contributed by atoms with Crippen molar-refractivity contribution in [2.24, 2.45) is 0 Å². The Hall–Kier alpha value is -0.870. The van der Waals surface area contributed by atoms with Gasteiger partial charge in [-0.15, -0.1) is 0 Å². The first kappa shape index (κ1) is 11.2. The molecule has 0 heterocycles. The van der Waals surface area contributed by atoms with Crippen molar-refractivity contribution in [3.63, 3.8) is 0 Å². The lowest BCUT2D eigenvalue weighted by Crippen LogP contribution is -2.23. The van der Waals surface area contributed by atoms with Gasteiger partial charge >= 0.3 is 0 Å². The molecule has 0 aromatic heterocycles. The summed E-state index contributed by atoms with van der Waals surface area (Å²) in [4.78, 5) is 0. The molecule has 2 atom stereocenters. The Morgan fingerprint density at radius 2 is 1.79 bits per heavy atom. The van der Waals surface area contributed by atoms with Gasteiger partial charge in [0, 0.05) is 5.92 Å². The number of benzene rings is 1. The fourth-order valence-electron chi connectivity index (χ4n) is 1.18. The van der Waals surface area contributed by atoms with E-state index >= 15 is 0 Å². The molecule has 1 aromatic carbocycles. The van der Waals surface area contributed by atoms with Crippen molar-refractivity contribution in [3.05, 3.63) is 42.8 Å². The van der Waals surface area contributed by atoms with Gasteiger partial charge in [-0.2, -0.15) is 8.42 Å². The second kappa shape index (κ2) is 4.11. The monoisotopic (exact) mass is 213 g/mol. The molecule has 0 aliphatic rings. The predicted octanol–water partition coefficient (Wildman–Crippen LogP) is 1.88. The van der Waals surface area contributed by atoms with Gasteiger partial charge < -0.3 is 0 Å². The van der Waals surface area contributed by atoms with Gasteiger partial charge in [0.2, 0.25) is 0 Å². The van der Waals surface area contributed by atoms with Crippen molar-refractivity contribution >= 4 is 10.1 Å². The molecule has 0 fully saturated rings. The van der Waals surface area contributed by atoms with Crippen LogP contribution in [0.5, 0.6) is 0 Å². The third-order valence-corrected chi connectivity index (χ3v) is 3.53. The highest BCUT2D eigenvalue weighted by Gasteiger charge is 2.25. The Morgan fingerprint density at radius 3 is 2.21 bits per heavy atom. The first-order chi connectivity index (χ1) is 6.43. The van der Waals surface area contributed by atoms with E-state index in [2.05, 4.69) is 6.92 Å². The summed E-state index contributed by atoms with van der Waals surface area (Å²) >= 11 is 0. The SMILES string of the molecule is [CH2]C(c1ccccc1)C(C)S(=O)(=O)O. The van der Waals surface area contributed by atoms with Crippen LogP contribution in [0.1, 0.15) is 18.4 Å². The maximum atomic E-state index is 10.9. The smallest absolute Gasteiger partial charge is 0.268 e. The highest BCUT2D eigenvalue weighted by atomic mass is 32.2. The molecule has 3 nitrogen and oxygen atoms in total. The molecule has 4 heteroatoms. The average Bonchev–Trinajstić information content (AvgIpc) is 2.15. The first-order valence-corrected chi connectivity index (χ1v) is 5.77. The van der Waals surface area contributed by atoms with Crippen LogP contribution in [0, 0.1) is 6.92 Å². The van der Waals surface area contributed by atoms with Crippen LogP contribution in [0.2, 0.25) is 0 Å². The Morgan fingerprint density at radius 1 is 1.29 bits per heavy atom. The van der Waals surface area contributed by atoms with Crippen LogP contribution in [0.15, 0.2) is 30.3 Å². The van der Waals surface area contributed by atoms with E-state index in [1.807, 2.05) is 18.2 Å². The van der Waals surface area contributed by atoms with Crippen molar-refractivity contribution < 1.29 is 13.0 Å². The molecule has 0 bridgehead atoms. The van der Waals surface area contributed by atoms with Crippen molar-refractivity contribution in [1.82, 2.24) is 0 Å². The maximum absolute atomic E-state index is 10.9. The van der Waals surface area contributed by atoms with Gasteiger partial charge in [0.25, 0.3) is 10.1 Å². The molecule has 2 unspecified atom stereocenters. The standard InChI is InChI=1S/C10H13O3S/c1-8(9(2)14(11,12)13)10-6-4-3-5-7-10/h3-9H,1H2,2H3,(H,11,12,13). The Bertz CT molecular complexity index is 383. The van der Waals surface area contributed by atoms with E-state index in [0.29, 0.717) is 0 Å². The molecule has 1 rings (SSSR count). The van der Waals surface area contributed by atoms with E-state index in [0.717, 1.165) is 5.56 Å². The maximum Gasteiger partial charge on any atom is 0.268 e. The average molecular weight is 213 g/mol. The van der Waals surface area contributed by atoms with Gasteiger partial charge in [-0.25, -0.2) is 0 Å². The predicted molar refractivity (Wildman–Crippen MR) is 55.6 cm³/mol. The van der Waals surface area contributed by atoms with Crippen molar-refractivity contribution in [2.45, 2.75) is 18.1 Å². The fraction of sp³-hybridized carbons (Fsp3) is 0.300. The zero-order valence-electron chi connectivity index (χ0n) is 7.92. The highest BCUT2D eigenvalue weighted by Crippen LogP contribution is 2.22. The third kappa shape index (κ3) is 2.56. The molecule has 1 radical (unpaired) electrons. The summed E-state index contributed by atoms with van der Waals surface area (Å²) in [6, 6.07) is 9.04. The minimum absolute atomic E-state index is 0.453. The minimum atomic E-state index is -4.01. The van der Waals surface area contributed by atoms with Crippen molar-refractivity contribution in [3.8, 4) is 0 Å². The molecule has 14 heavy (non-hydrogen) atoms. The molecule has 1 N–H and O–H groups in total. The summed E-state index contributed by atoms with van der Waals surface area (Å²) in [5, 5.41) is -0.884. The van der Waals surface area contributed by atoms with Crippen LogP contribution in [0.3, 0.4) is 0 Å². The Labute approximate surface area is 84.5 Å². The molecular formula is C10H13O3S. The van der Waals surface area contributed by atoms with Crippen LogP contribution in [0.4, 0.5) is 0 Å². The molecule has 1 aromatic rings. The van der Waals surface area contributed by atoms with Crippen LogP contribution in [-0.2, 0) is 10.1 Å². The fourth-order valence-corrected chi connectivity index (χ4v) is 1.75. The molecular weight excluding hydrogens is 200 g/mol. The number of hydrogen-bond acceptors (Lipinski definition) is 2. The molecule has 77 valence electrons. The second-order valence-corrected chi connectivity index (χ2v) is 5.01. The molecule has 0 aliphatic heterocycles. The molecule has 0 aliphatic carbocycles. The lowest BCUT2D eigenvalue weighted by Gasteiger charge is -2.16. The summed E-state index contributed by atoms with van der Waals surface area (Å²) in [6.45, 7) is 5.18. The third-order valence-electron chi connectivity index (χ3n) is 2.26. The molecule has 0 amide bonds. The van der Waals surface area contributed by atoms with Crippen LogP contribution < -0.4 is 0 Å². The van der Waals surface area contributed by atoms with Gasteiger partial charge in [0.05, 0.1) is 5.25 Å². The van der Waals surface area contributed by atoms with Crippen LogP contribution in [0.25, 0.3) is 0 Å². The zero-order valence-corrected chi connectivity index (χ0v) is 8.74. The van der Waals surface area contributed by atoms with E-state index in [4.69, 9.17) is 4.55 Å². The summed E-state index contributed by atoms with van der Waals surface area (Å²) in [6.07, 6.45) is 0. The minimum Gasteiger partial charge on any atom is -0.285 e. The van der Waals surface area contributed by atoms with Crippen LogP contribution in [-0.4, -0.2) is 18.2 Å². The van der Waals surface area contributed by atoms with Gasteiger partial charge in [0.1, 0.15) is 0 Å². The van der Waals surface area contributed by atoms with E-state index in [-0.39, 0.29) is 0 Å². The van der Waals surface area contributed by atoms with E-state index in [9.17, 15) is 8.42 Å². The topological polar surface area (TPSA) is 54.4 Å². The van der Waals surface area contributed by atoms with E-state index in [1.54, 1.807) is 12.1 Å². The summed E-state index contributed by atoms with van der Waals surface area (Å²) in [5.41, 5.74) is 0.803. The van der Waals surface area contributed by atoms with Crippen LogP contribution >= 0.6 is 0 Å². The van der Waals surface area contributed by atoms with Gasteiger partial charge in [-0.05, 0) is 19.4 Å². The van der Waals surface area contributed by atoms with Gasteiger partial charge in [0.15, 0.2) is 0 Å². The van der Waals surface area contributed by atoms with Gasteiger partial charge in [-0.3, -0.25) is 4.55 Å². The number of rotatable bonds is 3. The Kier molecular flexibility index (Phi) is 3.29. The van der Waals surface area contributed by atoms with E-state index < -0.39 is 21.3 Å². The molecule has 0 spiro atoms.